The summed E-state index contributed by atoms with van der Waals surface area (Å²) in [5, 5.41) is 5.92. The van der Waals surface area contributed by atoms with Gasteiger partial charge in [0.05, 0.1) is 27.0 Å². The minimum atomic E-state index is -0.130. The Balaban J connectivity index is 1.90. The maximum absolute atomic E-state index is 11.3. The molecule has 0 saturated carbocycles. The first-order valence-electron chi connectivity index (χ1n) is 8.82. The summed E-state index contributed by atoms with van der Waals surface area (Å²) in [7, 11) is 4.66. The molecular weight excluding hydrogens is 372 g/mol. The molecule has 2 N–H and O–H groups in total. The highest BCUT2D eigenvalue weighted by molar-refractivity contribution is 5.89. The first-order valence-corrected chi connectivity index (χ1v) is 8.82. The van der Waals surface area contributed by atoms with Crippen LogP contribution in [0.15, 0.2) is 48.7 Å². The molecule has 0 spiro atoms. The van der Waals surface area contributed by atoms with E-state index in [0.29, 0.717) is 40.3 Å². The standard InChI is InChI=1S/C21H22N4O4/c1-13(26)23-15-7-5-6-14(10-15)17-8-9-22-21(25-17)24-16-11-18(27-2)20(29-4)19(12-16)28-3/h5-12H,1-4H3,(H,23,26)(H,22,24,25). The fraction of sp³-hybridized carbons (Fsp3) is 0.190. The second-order valence-corrected chi connectivity index (χ2v) is 6.07. The number of nitrogens with zero attached hydrogens (tertiary/aromatic N) is 2. The lowest BCUT2D eigenvalue weighted by Gasteiger charge is -2.14. The fourth-order valence-corrected chi connectivity index (χ4v) is 2.82. The molecule has 0 aliphatic rings. The number of hydrogen-bond acceptors (Lipinski definition) is 7. The number of carbonyl (C=O) groups is 1. The normalized spacial score (nSPS) is 10.2. The average Bonchev–Trinajstić information content (AvgIpc) is 2.73. The Morgan fingerprint density at radius 3 is 2.28 bits per heavy atom. The summed E-state index contributed by atoms with van der Waals surface area (Å²) in [4.78, 5) is 20.1. The molecule has 0 radical (unpaired) electrons. The Labute approximate surface area is 168 Å². The van der Waals surface area contributed by atoms with Gasteiger partial charge in [-0.3, -0.25) is 4.79 Å². The topological polar surface area (TPSA) is 94.6 Å². The number of rotatable bonds is 7. The van der Waals surface area contributed by atoms with Crippen molar-refractivity contribution in [2.24, 2.45) is 0 Å². The van der Waals surface area contributed by atoms with Crippen molar-refractivity contribution >= 4 is 23.2 Å². The van der Waals surface area contributed by atoms with Crippen molar-refractivity contribution in [2.45, 2.75) is 6.92 Å². The van der Waals surface area contributed by atoms with Gasteiger partial charge in [0.25, 0.3) is 0 Å². The van der Waals surface area contributed by atoms with Gasteiger partial charge in [-0.05, 0) is 18.2 Å². The van der Waals surface area contributed by atoms with E-state index in [1.54, 1.807) is 45.7 Å². The Bertz CT molecular complexity index is 998. The van der Waals surface area contributed by atoms with E-state index in [1.165, 1.54) is 6.92 Å². The third-order valence-electron chi connectivity index (χ3n) is 4.06. The van der Waals surface area contributed by atoms with E-state index in [0.717, 1.165) is 5.56 Å². The minimum Gasteiger partial charge on any atom is -0.493 e. The van der Waals surface area contributed by atoms with E-state index in [9.17, 15) is 4.79 Å². The lowest BCUT2D eigenvalue weighted by atomic mass is 10.1. The first kappa shape index (κ1) is 19.9. The largest absolute Gasteiger partial charge is 0.493 e. The zero-order valence-corrected chi connectivity index (χ0v) is 16.6. The van der Waals surface area contributed by atoms with Crippen LogP contribution in [-0.2, 0) is 4.79 Å². The molecule has 8 heteroatoms. The van der Waals surface area contributed by atoms with Crippen LogP contribution >= 0.6 is 0 Å². The number of anilines is 3. The van der Waals surface area contributed by atoms with Crippen LogP contribution in [0.2, 0.25) is 0 Å². The highest BCUT2D eigenvalue weighted by atomic mass is 16.5. The van der Waals surface area contributed by atoms with Gasteiger partial charge in [-0.2, -0.15) is 0 Å². The molecule has 0 fully saturated rings. The molecule has 3 rings (SSSR count). The molecule has 29 heavy (non-hydrogen) atoms. The van der Waals surface area contributed by atoms with Crippen LogP contribution in [0.25, 0.3) is 11.3 Å². The summed E-state index contributed by atoms with van der Waals surface area (Å²) in [5.74, 6) is 1.82. The Hall–Kier alpha value is -3.81. The summed E-state index contributed by atoms with van der Waals surface area (Å²) in [6.07, 6.45) is 1.66. The van der Waals surface area contributed by atoms with Gasteiger partial charge in [0.15, 0.2) is 11.5 Å². The monoisotopic (exact) mass is 394 g/mol. The van der Waals surface area contributed by atoms with Crippen LogP contribution in [0, 0.1) is 0 Å². The van der Waals surface area contributed by atoms with Crippen LogP contribution in [0.5, 0.6) is 17.2 Å². The number of benzene rings is 2. The predicted molar refractivity (Wildman–Crippen MR) is 111 cm³/mol. The van der Waals surface area contributed by atoms with E-state index < -0.39 is 0 Å². The molecule has 1 heterocycles. The first-order chi connectivity index (χ1) is 14.0. The molecule has 0 aliphatic heterocycles. The summed E-state index contributed by atoms with van der Waals surface area (Å²) in [5.41, 5.74) is 2.95. The summed E-state index contributed by atoms with van der Waals surface area (Å²) in [6, 6.07) is 12.8. The predicted octanol–water partition coefficient (Wildman–Crippen LogP) is 3.87. The van der Waals surface area contributed by atoms with E-state index in [2.05, 4.69) is 20.6 Å². The van der Waals surface area contributed by atoms with E-state index in [4.69, 9.17) is 14.2 Å². The second-order valence-electron chi connectivity index (χ2n) is 6.07. The minimum absolute atomic E-state index is 0.130. The molecule has 1 amide bonds. The lowest BCUT2D eigenvalue weighted by Crippen LogP contribution is -2.05. The SMILES string of the molecule is COc1cc(Nc2nccc(-c3cccc(NC(C)=O)c3)n2)cc(OC)c1OC. The van der Waals surface area contributed by atoms with Crippen LogP contribution in [-0.4, -0.2) is 37.2 Å². The van der Waals surface area contributed by atoms with Gasteiger partial charge in [0.2, 0.25) is 17.6 Å². The van der Waals surface area contributed by atoms with Gasteiger partial charge in [0.1, 0.15) is 0 Å². The van der Waals surface area contributed by atoms with Crippen LogP contribution in [0.1, 0.15) is 6.92 Å². The van der Waals surface area contributed by atoms with Crippen molar-refractivity contribution in [3.8, 4) is 28.5 Å². The van der Waals surface area contributed by atoms with Crippen molar-refractivity contribution in [3.63, 3.8) is 0 Å². The lowest BCUT2D eigenvalue weighted by molar-refractivity contribution is -0.114. The Kier molecular flexibility index (Phi) is 6.13. The molecule has 8 nitrogen and oxygen atoms in total. The Morgan fingerprint density at radius 2 is 1.66 bits per heavy atom. The molecule has 2 aromatic carbocycles. The average molecular weight is 394 g/mol. The van der Waals surface area contributed by atoms with Crippen molar-refractivity contribution in [1.29, 1.82) is 0 Å². The number of aromatic nitrogens is 2. The smallest absolute Gasteiger partial charge is 0.227 e. The van der Waals surface area contributed by atoms with Gasteiger partial charge in [-0.1, -0.05) is 12.1 Å². The Morgan fingerprint density at radius 1 is 0.931 bits per heavy atom. The maximum Gasteiger partial charge on any atom is 0.227 e. The maximum atomic E-state index is 11.3. The quantitative estimate of drug-likeness (QED) is 0.628. The number of ether oxygens (including phenoxy) is 3. The van der Waals surface area contributed by atoms with Gasteiger partial charge < -0.3 is 24.8 Å². The second kappa shape index (κ2) is 8.92. The highest BCUT2D eigenvalue weighted by Crippen LogP contribution is 2.40. The van der Waals surface area contributed by atoms with Crippen molar-refractivity contribution < 1.29 is 19.0 Å². The van der Waals surface area contributed by atoms with Gasteiger partial charge in [-0.25, -0.2) is 9.97 Å². The molecular formula is C21H22N4O4. The number of hydrogen-bond donors (Lipinski definition) is 2. The highest BCUT2D eigenvalue weighted by Gasteiger charge is 2.14. The zero-order valence-electron chi connectivity index (χ0n) is 16.6. The number of nitrogens with one attached hydrogen (secondary N) is 2. The number of carbonyl (C=O) groups excluding carboxylic acids is 1. The van der Waals surface area contributed by atoms with Crippen molar-refractivity contribution in [2.75, 3.05) is 32.0 Å². The molecule has 0 bridgehead atoms. The molecule has 3 aromatic rings. The van der Waals surface area contributed by atoms with E-state index in [1.807, 2.05) is 24.3 Å². The molecule has 0 saturated heterocycles. The fourth-order valence-electron chi connectivity index (χ4n) is 2.82. The van der Waals surface area contributed by atoms with E-state index >= 15 is 0 Å². The number of amides is 1. The van der Waals surface area contributed by atoms with Gasteiger partial charge in [0, 0.05) is 42.2 Å². The summed E-state index contributed by atoms with van der Waals surface area (Å²) in [6.45, 7) is 1.47. The van der Waals surface area contributed by atoms with Crippen molar-refractivity contribution in [3.05, 3.63) is 48.7 Å². The van der Waals surface area contributed by atoms with Crippen molar-refractivity contribution in [1.82, 2.24) is 9.97 Å². The third-order valence-corrected chi connectivity index (χ3v) is 4.06. The van der Waals surface area contributed by atoms with Crippen LogP contribution in [0.4, 0.5) is 17.3 Å². The third kappa shape index (κ3) is 4.73. The summed E-state index contributed by atoms with van der Waals surface area (Å²) < 4.78 is 16.1. The molecule has 150 valence electrons. The summed E-state index contributed by atoms with van der Waals surface area (Å²) >= 11 is 0. The van der Waals surface area contributed by atoms with Gasteiger partial charge in [-0.15, -0.1) is 0 Å². The van der Waals surface area contributed by atoms with Crippen LogP contribution < -0.4 is 24.8 Å². The van der Waals surface area contributed by atoms with Gasteiger partial charge >= 0.3 is 0 Å². The zero-order chi connectivity index (χ0) is 20.8. The molecule has 0 aliphatic carbocycles. The molecule has 0 atom stereocenters. The number of methoxy groups -OCH3 is 3. The van der Waals surface area contributed by atoms with E-state index in [-0.39, 0.29) is 5.91 Å². The van der Waals surface area contributed by atoms with Crippen LogP contribution in [0.3, 0.4) is 0 Å². The molecule has 0 unspecified atom stereocenters. The molecule has 1 aromatic heterocycles.